The first-order chi connectivity index (χ1) is 10.4. The molecule has 1 fully saturated rings. The second-order valence-electron chi connectivity index (χ2n) is 5.47. The summed E-state index contributed by atoms with van der Waals surface area (Å²) in [6.07, 6.45) is 3.68. The van der Waals surface area contributed by atoms with Crippen molar-refractivity contribution in [2.75, 3.05) is 25.4 Å². The third-order valence-electron chi connectivity index (χ3n) is 3.42. The van der Waals surface area contributed by atoms with Crippen LogP contribution in [0.25, 0.3) is 0 Å². The Morgan fingerprint density at radius 2 is 1.96 bits per heavy atom. The molecular formula is C13H28ClN5O3S. The van der Waals surface area contributed by atoms with Gasteiger partial charge in [0.25, 0.3) is 0 Å². The topological polar surface area (TPSA) is 131 Å². The van der Waals surface area contributed by atoms with E-state index < -0.39 is 16.1 Å². The lowest BCUT2D eigenvalue weighted by atomic mass is 10.1. The van der Waals surface area contributed by atoms with Crippen molar-refractivity contribution in [2.45, 2.75) is 45.1 Å². The summed E-state index contributed by atoms with van der Waals surface area (Å²) in [5, 5.41) is 0. The van der Waals surface area contributed by atoms with E-state index >= 15 is 0 Å². The van der Waals surface area contributed by atoms with Crippen molar-refractivity contribution in [3.63, 3.8) is 0 Å². The maximum Gasteiger partial charge on any atom is 0.239 e. The number of nitrogens with two attached hydrogens (primary N) is 2. The van der Waals surface area contributed by atoms with Gasteiger partial charge in [-0.1, -0.05) is 6.92 Å². The van der Waals surface area contributed by atoms with Crippen LogP contribution < -0.4 is 16.2 Å². The second-order valence-corrected chi connectivity index (χ2v) is 7.31. The summed E-state index contributed by atoms with van der Waals surface area (Å²) in [6.45, 7) is 3.68. The number of sulfonamides is 1. The zero-order chi connectivity index (χ0) is 16.6. The van der Waals surface area contributed by atoms with Gasteiger partial charge in [0.2, 0.25) is 21.9 Å². The van der Waals surface area contributed by atoms with E-state index in [1.165, 1.54) is 0 Å². The third-order valence-corrected chi connectivity index (χ3v) is 4.89. The van der Waals surface area contributed by atoms with Gasteiger partial charge in [-0.3, -0.25) is 14.5 Å². The zero-order valence-electron chi connectivity index (χ0n) is 13.5. The van der Waals surface area contributed by atoms with Crippen molar-refractivity contribution in [1.29, 1.82) is 0 Å². The fourth-order valence-corrected chi connectivity index (χ4v) is 3.34. The summed E-state index contributed by atoms with van der Waals surface area (Å²) >= 11 is 0. The number of halogens is 1. The molecule has 1 aliphatic rings. The number of hydrogen-bond acceptors (Lipinski definition) is 5. The number of likely N-dealkylation sites (tertiary alicyclic amines) is 1. The second kappa shape index (κ2) is 10.7. The van der Waals surface area contributed by atoms with E-state index in [0.717, 1.165) is 25.9 Å². The molecular weight excluding hydrogens is 342 g/mol. The Morgan fingerprint density at radius 1 is 1.35 bits per heavy atom. The number of carbonyl (C=O) groups is 1. The Hall–Kier alpha value is -1.06. The summed E-state index contributed by atoms with van der Waals surface area (Å²) in [5.41, 5.74) is 11.4. The van der Waals surface area contributed by atoms with Crippen LogP contribution in [0.5, 0.6) is 0 Å². The van der Waals surface area contributed by atoms with Crippen LogP contribution >= 0.6 is 12.4 Å². The number of aliphatic imine (C=N–C) groups is 1. The van der Waals surface area contributed by atoms with E-state index in [9.17, 15) is 13.2 Å². The monoisotopic (exact) mass is 369 g/mol. The van der Waals surface area contributed by atoms with Gasteiger partial charge in [-0.2, -0.15) is 0 Å². The van der Waals surface area contributed by atoms with Crippen LogP contribution in [0.2, 0.25) is 0 Å². The number of rotatable bonds is 8. The molecule has 23 heavy (non-hydrogen) atoms. The van der Waals surface area contributed by atoms with Crippen LogP contribution in [0, 0.1) is 0 Å². The fraction of sp³-hybridized carbons (Fsp3) is 0.846. The number of guanidine groups is 1. The third kappa shape index (κ3) is 8.38. The Morgan fingerprint density at radius 3 is 2.52 bits per heavy atom. The molecule has 0 aliphatic carbocycles. The van der Waals surface area contributed by atoms with Crippen molar-refractivity contribution in [1.82, 2.24) is 9.62 Å². The Balaban J connectivity index is 0.00000484. The quantitative estimate of drug-likeness (QED) is 0.309. The van der Waals surface area contributed by atoms with E-state index in [1.807, 2.05) is 0 Å². The molecule has 8 nitrogen and oxygen atoms in total. The summed E-state index contributed by atoms with van der Waals surface area (Å²) < 4.78 is 25.2. The highest BCUT2D eigenvalue weighted by Gasteiger charge is 2.23. The number of nitrogens with zero attached hydrogens (tertiary/aromatic N) is 2. The van der Waals surface area contributed by atoms with Crippen LogP contribution in [0.4, 0.5) is 0 Å². The molecule has 1 heterocycles. The van der Waals surface area contributed by atoms with E-state index in [2.05, 4.69) is 9.71 Å². The van der Waals surface area contributed by atoms with Crippen LogP contribution in [-0.2, 0) is 14.8 Å². The van der Waals surface area contributed by atoms with Gasteiger partial charge in [0.15, 0.2) is 0 Å². The van der Waals surface area contributed by atoms with Gasteiger partial charge in [-0.15, -0.1) is 12.4 Å². The minimum atomic E-state index is -3.40. The standard InChI is InChI=1S/C13H27N5O3S.ClH/c1-2-10-22(20,21)17-13(15)16-7-5-6-11(14)12(19)18-8-3-4-9-18;/h11H,2-10,14H2,1H3,(H3,15,16,17);1H/t11-;/m1./s1. The molecule has 1 atom stereocenters. The summed E-state index contributed by atoms with van der Waals surface area (Å²) in [4.78, 5) is 17.7. The molecule has 0 bridgehead atoms. The molecule has 5 N–H and O–H groups in total. The lowest BCUT2D eigenvalue weighted by Gasteiger charge is -2.19. The maximum absolute atomic E-state index is 12.0. The minimum absolute atomic E-state index is 0. The summed E-state index contributed by atoms with van der Waals surface area (Å²) in [5.74, 6) is -0.121. The predicted octanol–water partition coefficient (Wildman–Crippen LogP) is -0.218. The Labute approximate surface area is 144 Å². The van der Waals surface area contributed by atoms with Crippen LogP contribution in [-0.4, -0.2) is 56.6 Å². The summed E-state index contributed by atoms with van der Waals surface area (Å²) in [7, 11) is -3.40. The van der Waals surface area contributed by atoms with Crippen molar-refractivity contribution >= 4 is 34.3 Å². The molecule has 0 saturated carbocycles. The van der Waals surface area contributed by atoms with E-state index in [1.54, 1.807) is 11.8 Å². The first-order valence-electron chi connectivity index (χ1n) is 7.70. The highest BCUT2D eigenvalue weighted by atomic mass is 35.5. The smallest absolute Gasteiger partial charge is 0.239 e. The number of carbonyl (C=O) groups excluding carboxylic acids is 1. The maximum atomic E-state index is 12.0. The molecule has 0 aromatic carbocycles. The number of nitrogens with one attached hydrogen (secondary N) is 1. The van der Waals surface area contributed by atoms with Gasteiger partial charge in [-0.05, 0) is 32.1 Å². The van der Waals surface area contributed by atoms with Crippen molar-refractivity contribution in [3.8, 4) is 0 Å². The average Bonchev–Trinajstić information content (AvgIpc) is 2.95. The molecule has 0 spiro atoms. The lowest BCUT2D eigenvalue weighted by molar-refractivity contribution is -0.131. The molecule has 1 saturated heterocycles. The van der Waals surface area contributed by atoms with Gasteiger partial charge in [0, 0.05) is 19.6 Å². The van der Waals surface area contributed by atoms with Gasteiger partial charge < -0.3 is 16.4 Å². The van der Waals surface area contributed by atoms with Crippen LogP contribution in [0.15, 0.2) is 4.99 Å². The van der Waals surface area contributed by atoms with Gasteiger partial charge in [0.05, 0.1) is 11.8 Å². The molecule has 1 aliphatic heterocycles. The SMILES string of the molecule is CCCS(=O)(=O)NC(N)=NCCC[C@@H](N)C(=O)N1CCCC1.Cl. The van der Waals surface area contributed by atoms with Gasteiger partial charge in [-0.25, -0.2) is 8.42 Å². The van der Waals surface area contributed by atoms with E-state index in [4.69, 9.17) is 11.5 Å². The van der Waals surface area contributed by atoms with E-state index in [-0.39, 0.29) is 30.0 Å². The molecule has 1 rings (SSSR count). The largest absolute Gasteiger partial charge is 0.369 e. The Kier molecular flexibility index (Phi) is 10.2. The normalized spacial score (nSPS) is 16.8. The summed E-state index contributed by atoms with van der Waals surface area (Å²) in [6, 6.07) is -0.522. The number of hydrogen-bond donors (Lipinski definition) is 3. The average molecular weight is 370 g/mol. The highest BCUT2D eigenvalue weighted by Crippen LogP contribution is 2.10. The fourth-order valence-electron chi connectivity index (χ4n) is 2.32. The molecule has 0 aromatic heterocycles. The Bertz CT molecular complexity index is 492. The first kappa shape index (κ1) is 21.9. The molecule has 10 heteroatoms. The molecule has 136 valence electrons. The predicted molar refractivity (Wildman–Crippen MR) is 94.0 cm³/mol. The van der Waals surface area contributed by atoms with Gasteiger partial charge in [0.1, 0.15) is 0 Å². The van der Waals surface area contributed by atoms with Crippen molar-refractivity contribution in [3.05, 3.63) is 0 Å². The van der Waals surface area contributed by atoms with E-state index in [0.29, 0.717) is 25.8 Å². The molecule has 0 unspecified atom stereocenters. The van der Waals surface area contributed by atoms with Crippen molar-refractivity contribution < 1.29 is 13.2 Å². The van der Waals surface area contributed by atoms with Crippen LogP contribution in [0.1, 0.15) is 39.0 Å². The highest BCUT2D eigenvalue weighted by molar-refractivity contribution is 7.90. The zero-order valence-corrected chi connectivity index (χ0v) is 15.2. The molecule has 0 radical (unpaired) electrons. The van der Waals surface area contributed by atoms with Crippen molar-refractivity contribution in [2.24, 2.45) is 16.5 Å². The molecule has 1 amide bonds. The lowest BCUT2D eigenvalue weighted by Crippen LogP contribution is -2.42. The van der Waals surface area contributed by atoms with Crippen LogP contribution in [0.3, 0.4) is 0 Å². The van der Waals surface area contributed by atoms with Gasteiger partial charge >= 0.3 is 0 Å². The first-order valence-corrected chi connectivity index (χ1v) is 9.35. The number of amides is 1. The minimum Gasteiger partial charge on any atom is -0.369 e. The molecule has 0 aromatic rings.